The Kier molecular flexibility index (Phi) is 5.00. The lowest BCUT2D eigenvalue weighted by Crippen LogP contribution is -2.32. The standard InChI is InChI=1S/C15H16ClN3O2/c1-10(18-11-6-3-4-8-13(11)21-2)15(20)19-12-7-5-9-17-14(12)16/h3-10,18H,1-2H3,(H,19,20)/t10-/m1/s1. The first-order valence-electron chi connectivity index (χ1n) is 6.42. The van der Waals surface area contributed by atoms with Crippen molar-refractivity contribution in [3.63, 3.8) is 0 Å². The number of nitrogens with one attached hydrogen (secondary N) is 2. The van der Waals surface area contributed by atoms with Gasteiger partial charge in [-0.05, 0) is 31.2 Å². The number of benzene rings is 1. The summed E-state index contributed by atoms with van der Waals surface area (Å²) in [6.45, 7) is 1.76. The molecule has 21 heavy (non-hydrogen) atoms. The summed E-state index contributed by atoms with van der Waals surface area (Å²) in [5, 5.41) is 6.09. The number of hydrogen-bond donors (Lipinski definition) is 2. The summed E-state index contributed by atoms with van der Waals surface area (Å²) in [6, 6.07) is 10.4. The molecule has 1 atom stereocenters. The van der Waals surface area contributed by atoms with Gasteiger partial charge < -0.3 is 15.4 Å². The highest BCUT2D eigenvalue weighted by molar-refractivity contribution is 6.32. The van der Waals surface area contributed by atoms with Crippen LogP contribution in [0.15, 0.2) is 42.6 Å². The van der Waals surface area contributed by atoms with Crippen molar-refractivity contribution < 1.29 is 9.53 Å². The van der Waals surface area contributed by atoms with Gasteiger partial charge in [-0.1, -0.05) is 23.7 Å². The van der Waals surface area contributed by atoms with Gasteiger partial charge in [-0.25, -0.2) is 4.98 Å². The number of carbonyl (C=O) groups excluding carboxylic acids is 1. The molecule has 0 saturated carbocycles. The molecule has 2 aromatic rings. The summed E-state index contributed by atoms with van der Waals surface area (Å²) in [7, 11) is 1.58. The van der Waals surface area contributed by atoms with Gasteiger partial charge in [-0.15, -0.1) is 0 Å². The topological polar surface area (TPSA) is 63.2 Å². The van der Waals surface area contributed by atoms with Crippen molar-refractivity contribution >= 4 is 28.9 Å². The molecule has 1 aromatic heterocycles. The second kappa shape index (κ2) is 6.95. The van der Waals surface area contributed by atoms with Crippen LogP contribution in [-0.2, 0) is 4.79 Å². The number of halogens is 1. The number of hydrogen-bond acceptors (Lipinski definition) is 4. The second-order valence-electron chi connectivity index (χ2n) is 4.40. The monoisotopic (exact) mass is 305 g/mol. The molecule has 0 spiro atoms. The smallest absolute Gasteiger partial charge is 0.246 e. The first-order chi connectivity index (χ1) is 10.1. The molecule has 1 heterocycles. The Balaban J connectivity index is 2.05. The molecule has 2 N–H and O–H groups in total. The van der Waals surface area contributed by atoms with Crippen LogP contribution in [0.4, 0.5) is 11.4 Å². The van der Waals surface area contributed by atoms with Gasteiger partial charge in [0.15, 0.2) is 5.15 Å². The summed E-state index contributed by atoms with van der Waals surface area (Å²) >= 11 is 5.91. The molecule has 110 valence electrons. The van der Waals surface area contributed by atoms with E-state index in [1.807, 2.05) is 24.3 Å². The number of amides is 1. The van der Waals surface area contributed by atoms with E-state index in [4.69, 9.17) is 16.3 Å². The van der Waals surface area contributed by atoms with E-state index in [0.717, 1.165) is 5.69 Å². The average Bonchev–Trinajstić information content (AvgIpc) is 2.50. The van der Waals surface area contributed by atoms with Crippen LogP contribution in [0.2, 0.25) is 5.15 Å². The van der Waals surface area contributed by atoms with Crippen molar-refractivity contribution in [2.45, 2.75) is 13.0 Å². The van der Waals surface area contributed by atoms with E-state index >= 15 is 0 Å². The Hall–Kier alpha value is -2.27. The van der Waals surface area contributed by atoms with Crippen molar-refractivity contribution in [1.82, 2.24) is 4.98 Å². The largest absolute Gasteiger partial charge is 0.495 e. The molecule has 5 nitrogen and oxygen atoms in total. The zero-order chi connectivity index (χ0) is 15.2. The van der Waals surface area contributed by atoms with E-state index in [-0.39, 0.29) is 11.1 Å². The number of nitrogens with zero attached hydrogens (tertiary/aromatic N) is 1. The molecular weight excluding hydrogens is 290 g/mol. The minimum absolute atomic E-state index is 0.212. The van der Waals surface area contributed by atoms with E-state index in [2.05, 4.69) is 15.6 Å². The van der Waals surface area contributed by atoms with Crippen LogP contribution in [0, 0.1) is 0 Å². The number of ether oxygens (including phenoxy) is 1. The minimum Gasteiger partial charge on any atom is -0.495 e. The van der Waals surface area contributed by atoms with Gasteiger partial charge in [0.05, 0.1) is 18.5 Å². The molecule has 0 aliphatic carbocycles. The van der Waals surface area contributed by atoms with Crippen LogP contribution in [0.25, 0.3) is 0 Å². The van der Waals surface area contributed by atoms with Crippen LogP contribution >= 0.6 is 11.6 Å². The van der Waals surface area contributed by atoms with Crippen LogP contribution in [-0.4, -0.2) is 24.0 Å². The van der Waals surface area contributed by atoms with E-state index in [0.29, 0.717) is 11.4 Å². The summed E-state index contributed by atoms with van der Waals surface area (Å²) in [5.41, 5.74) is 1.23. The zero-order valence-corrected chi connectivity index (χ0v) is 12.5. The van der Waals surface area contributed by atoms with Crippen molar-refractivity contribution in [3.8, 4) is 5.75 Å². The van der Waals surface area contributed by atoms with Crippen LogP contribution in [0.5, 0.6) is 5.75 Å². The number of para-hydroxylation sites is 2. The fourth-order valence-corrected chi connectivity index (χ4v) is 1.95. The third-order valence-electron chi connectivity index (χ3n) is 2.89. The predicted octanol–water partition coefficient (Wildman–Crippen LogP) is 3.18. The lowest BCUT2D eigenvalue weighted by atomic mass is 10.2. The second-order valence-corrected chi connectivity index (χ2v) is 4.76. The first-order valence-corrected chi connectivity index (χ1v) is 6.80. The fraction of sp³-hybridized carbons (Fsp3) is 0.200. The number of pyridine rings is 1. The molecule has 0 aliphatic heterocycles. The Morgan fingerprint density at radius 2 is 1.95 bits per heavy atom. The van der Waals surface area contributed by atoms with Gasteiger partial charge in [-0.2, -0.15) is 0 Å². The highest BCUT2D eigenvalue weighted by Gasteiger charge is 2.15. The maximum absolute atomic E-state index is 12.2. The van der Waals surface area contributed by atoms with Gasteiger partial charge in [0.1, 0.15) is 11.8 Å². The van der Waals surface area contributed by atoms with Gasteiger partial charge in [-0.3, -0.25) is 4.79 Å². The molecule has 0 unspecified atom stereocenters. The summed E-state index contributed by atoms with van der Waals surface area (Å²) in [6.07, 6.45) is 1.56. The average molecular weight is 306 g/mol. The number of anilines is 2. The van der Waals surface area contributed by atoms with E-state index in [1.54, 1.807) is 32.4 Å². The van der Waals surface area contributed by atoms with Gasteiger partial charge in [0, 0.05) is 6.20 Å². The molecule has 6 heteroatoms. The SMILES string of the molecule is COc1ccccc1N[C@H](C)C(=O)Nc1cccnc1Cl. The van der Waals surface area contributed by atoms with E-state index in [9.17, 15) is 4.79 Å². The number of rotatable bonds is 5. The zero-order valence-electron chi connectivity index (χ0n) is 11.8. The van der Waals surface area contributed by atoms with Crippen molar-refractivity contribution in [2.75, 3.05) is 17.7 Å². The van der Waals surface area contributed by atoms with Crippen molar-refractivity contribution in [2.24, 2.45) is 0 Å². The number of aromatic nitrogens is 1. The molecule has 2 rings (SSSR count). The summed E-state index contributed by atoms with van der Waals surface area (Å²) < 4.78 is 5.24. The molecule has 1 amide bonds. The molecule has 1 aromatic carbocycles. The molecule has 0 radical (unpaired) electrons. The van der Waals surface area contributed by atoms with Gasteiger partial charge in [0.2, 0.25) is 5.91 Å². The maximum atomic E-state index is 12.2. The van der Waals surface area contributed by atoms with Crippen LogP contribution < -0.4 is 15.4 Å². The molecule has 0 bridgehead atoms. The van der Waals surface area contributed by atoms with E-state index in [1.165, 1.54) is 0 Å². The highest BCUT2D eigenvalue weighted by atomic mass is 35.5. The molecular formula is C15H16ClN3O2. The number of methoxy groups -OCH3 is 1. The molecule has 0 aliphatic rings. The fourth-order valence-electron chi connectivity index (χ4n) is 1.78. The summed E-state index contributed by atoms with van der Waals surface area (Å²) in [5.74, 6) is 0.465. The van der Waals surface area contributed by atoms with Crippen molar-refractivity contribution in [3.05, 3.63) is 47.7 Å². The minimum atomic E-state index is -0.461. The van der Waals surface area contributed by atoms with Gasteiger partial charge in [0.25, 0.3) is 0 Å². The van der Waals surface area contributed by atoms with Crippen LogP contribution in [0.3, 0.4) is 0 Å². The quantitative estimate of drug-likeness (QED) is 0.833. The Bertz CT molecular complexity index is 634. The predicted molar refractivity (Wildman–Crippen MR) is 84.0 cm³/mol. The van der Waals surface area contributed by atoms with Crippen molar-refractivity contribution in [1.29, 1.82) is 0 Å². The molecule has 0 saturated heterocycles. The Labute approximate surface area is 128 Å². The highest BCUT2D eigenvalue weighted by Crippen LogP contribution is 2.24. The lowest BCUT2D eigenvalue weighted by molar-refractivity contribution is -0.116. The molecule has 0 fully saturated rings. The Morgan fingerprint density at radius 3 is 2.67 bits per heavy atom. The lowest BCUT2D eigenvalue weighted by Gasteiger charge is -2.17. The number of carbonyl (C=O) groups is 1. The van der Waals surface area contributed by atoms with Gasteiger partial charge >= 0.3 is 0 Å². The Morgan fingerprint density at radius 1 is 1.24 bits per heavy atom. The van der Waals surface area contributed by atoms with E-state index < -0.39 is 6.04 Å². The first kappa shape index (κ1) is 15.1. The van der Waals surface area contributed by atoms with Crippen LogP contribution in [0.1, 0.15) is 6.92 Å². The normalized spacial score (nSPS) is 11.6. The third kappa shape index (κ3) is 3.86. The summed E-state index contributed by atoms with van der Waals surface area (Å²) in [4.78, 5) is 16.1. The maximum Gasteiger partial charge on any atom is 0.246 e. The third-order valence-corrected chi connectivity index (χ3v) is 3.19.